The van der Waals surface area contributed by atoms with E-state index in [0.29, 0.717) is 32.0 Å². The highest BCUT2D eigenvalue weighted by atomic mass is 35.5. The summed E-state index contributed by atoms with van der Waals surface area (Å²) in [6.45, 7) is 2.25. The summed E-state index contributed by atoms with van der Waals surface area (Å²) in [6.07, 6.45) is 0. The highest BCUT2D eigenvalue weighted by Crippen LogP contribution is 2.30. The van der Waals surface area contributed by atoms with Gasteiger partial charge in [-0.1, -0.05) is 29.3 Å². The Kier molecular flexibility index (Phi) is 7.68. The van der Waals surface area contributed by atoms with Crippen molar-refractivity contribution in [2.24, 2.45) is 0 Å². The van der Waals surface area contributed by atoms with Crippen LogP contribution in [0.2, 0.25) is 10.0 Å². The second kappa shape index (κ2) is 10.9. The summed E-state index contributed by atoms with van der Waals surface area (Å²) in [5, 5.41) is 16.4. The number of amides is 2. The summed E-state index contributed by atoms with van der Waals surface area (Å²) < 4.78 is 19.6. The molecule has 0 bridgehead atoms. The molecule has 0 spiro atoms. The second-order valence-electron chi connectivity index (χ2n) is 7.79. The molecule has 1 fully saturated rings. The number of rotatable bonds is 6. The minimum atomic E-state index is -0.830. The molecule has 3 aromatic carbocycles. The van der Waals surface area contributed by atoms with E-state index < -0.39 is 28.2 Å². The van der Waals surface area contributed by atoms with Crippen LogP contribution in [0, 0.1) is 15.9 Å². The van der Waals surface area contributed by atoms with E-state index in [9.17, 15) is 24.1 Å². The van der Waals surface area contributed by atoms with E-state index in [-0.39, 0.29) is 32.5 Å². The predicted octanol–water partition coefficient (Wildman–Crippen LogP) is 5.38. The minimum absolute atomic E-state index is 0.0526. The Morgan fingerprint density at radius 1 is 0.972 bits per heavy atom. The van der Waals surface area contributed by atoms with E-state index in [0.717, 1.165) is 0 Å². The summed E-state index contributed by atoms with van der Waals surface area (Å²) in [6, 6.07) is 12.3. The van der Waals surface area contributed by atoms with Crippen molar-refractivity contribution in [3.8, 4) is 0 Å². The van der Waals surface area contributed by atoms with E-state index in [4.69, 9.17) is 27.9 Å². The zero-order chi connectivity index (χ0) is 25.8. The molecular formula is C24H19Cl2FN4O5. The molecule has 1 aliphatic rings. The Morgan fingerprint density at radius 3 is 2.44 bits per heavy atom. The van der Waals surface area contributed by atoms with Crippen LogP contribution in [-0.2, 0) is 4.74 Å². The van der Waals surface area contributed by atoms with Gasteiger partial charge in [-0.15, -0.1) is 0 Å². The average Bonchev–Trinajstić information content (AvgIpc) is 2.85. The number of nitro benzene ring substituents is 1. The molecular weight excluding hydrogens is 514 g/mol. The van der Waals surface area contributed by atoms with Gasteiger partial charge in [-0.05, 0) is 48.5 Å². The van der Waals surface area contributed by atoms with Crippen molar-refractivity contribution in [3.63, 3.8) is 0 Å². The fourth-order valence-electron chi connectivity index (χ4n) is 3.69. The first-order valence-corrected chi connectivity index (χ1v) is 11.5. The number of para-hydroxylation sites is 1. The number of benzene rings is 3. The first kappa shape index (κ1) is 25.4. The van der Waals surface area contributed by atoms with Gasteiger partial charge in [0.25, 0.3) is 11.8 Å². The lowest BCUT2D eigenvalue weighted by Crippen LogP contribution is -2.36. The number of nitrogens with zero attached hydrogens (tertiary/aromatic N) is 2. The van der Waals surface area contributed by atoms with Crippen LogP contribution in [0.3, 0.4) is 0 Å². The van der Waals surface area contributed by atoms with Gasteiger partial charge >= 0.3 is 5.69 Å². The van der Waals surface area contributed by atoms with Gasteiger partial charge in [0.1, 0.15) is 16.4 Å². The van der Waals surface area contributed by atoms with E-state index in [1.807, 2.05) is 4.90 Å². The molecule has 1 saturated heterocycles. The van der Waals surface area contributed by atoms with E-state index >= 15 is 0 Å². The number of nitrogens with one attached hydrogen (secondary N) is 2. The van der Waals surface area contributed by atoms with Crippen LogP contribution in [0.25, 0.3) is 0 Å². The second-order valence-corrected chi connectivity index (χ2v) is 8.61. The monoisotopic (exact) mass is 532 g/mol. The molecule has 9 nitrogen and oxygen atoms in total. The van der Waals surface area contributed by atoms with Crippen molar-refractivity contribution in [1.82, 2.24) is 0 Å². The number of ether oxygens (including phenoxy) is 1. The highest BCUT2D eigenvalue weighted by molar-refractivity contribution is 6.35. The zero-order valence-electron chi connectivity index (χ0n) is 18.6. The molecule has 1 aliphatic heterocycles. The van der Waals surface area contributed by atoms with Gasteiger partial charge < -0.3 is 20.3 Å². The van der Waals surface area contributed by atoms with Crippen LogP contribution in [0.15, 0.2) is 54.6 Å². The van der Waals surface area contributed by atoms with Crippen LogP contribution in [0.1, 0.15) is 20.7 Å². The zero-order valence-corrected chi connectivity index (χ0v) is 20.1. The van der Waals surface area contributed by atoms with Gasteiger partial charge in [-0.25, -0.2) is 4.39 Å². The molecule has 2 N–H and O–H groups in total. The third kappa shape index (κ3) is 5.73. The van der Waals surface area contributed by atoms with Gasteiger partial charge in [0.15, 0.2) is 0 Å². The van der Waals surface area contributed by atoms with Crippen molar-refractivity contribution in [3.05, 3.63) is 91.7 Å². The van der Waals surface area contributed by atoms with Gasteiger partial charge in [0.2, 0.25) is 0 Å². The van der Waals surface area contributed by atoms with Crippen molar-refractivity contribution in [2.75, 3.05) is 41.8 Å². The number of morpholine rings is 1. The first-order valence-electron chi connectivity index (χ1n) is 10.7. The fraction of sp³-hybridized carbons (Fsp3) is 0.167. The number of halogens is 3. The third-order valence-corrected chi connectivity index (χ3v) is 6.04. The van der Waals surface area contributed by atoms with Crippen molar-refractivity contribution in [2.45, 2.75) is 0 Å². The Hall–Kier alpha value is -3.73. The Morgan fingerprint density at radius 2 is 1.72 bits per heavy atom. The number of carbonyl (C=O) groups is 2. The largest absolute Gasteiger partial charge is 0.378 e. The van der Waals surface area contributed by atoms with Crippen LogP contribution < -0.4 is 15.5 Å². The van der Waals surface area contributed by atoms with Crippen LogP contribution >= 0.6 is 23.2 Å². The molecule has 36 heavy (non-hydrogen) atoms. The standard InChI is InChI=1S/C24H19Cl2FN4O5/c25-19-5-4-14(10-21(19)29-24(33)18-2-1-3-20(26)22(18)31(34)35)23(32)28-16-11-15(27)12-17(13-16)30-6-8-36-9-7-30/h1-5,10-13H,6-9H2,(H,28,32)(H,29,33). The van der Waals surface area contributed by atoms with Crippen LogP contribution in [0.5, 0.6) is 0 Å². The molecule has 0 unspecified atom stereocenters. The van der Waals surface area contributed by atoms with Gasteiger partial charge in [-0.3, -0.25) is 19.7 Å². The quantitative estimate of drug-likeness (QED) is 0.325. The van der Waals surface area contributed by atoms with Crippen molar-refractivity contribution >= 4 is 57.8 Å². The SMILES string of the molecule is O=C(Nc1cc(F)cc(N2CCOCC2)c1)c1ccc(Cl)c(NC(=O)c2cccc(Cl)c2[N+](=O)[O-])c1. The maximum absolute atomic E-state index is 14.2. The smallest absolute Gasteiger partial charge is 0.300 e. The van der Waals surface area contributed by atoms with Crippen molar-refractivity contribution in [1.29, 1.82) is 0 Å². The molecule has 186 valence electrons. The molecule has 12 heteroatoms. The van der Waals surface area contributed by atoms with Gasteiger partial charge in [-0.2, -0.15) is 0 Å². The molecule has 0 aliphatic carbocycles. The number of carbonyl (C=O) groups excluding carboxylic acids is 2. The molecule has 0 aromatic heterocycles. The lowest BCUT2D eigenvalue weighted by atomic mass is 10.1. The summed E-state index contributed by atoms with van der Waals surface area (Å²) >= 11 is 12.1. The van der Waals surface area contributed by atoms with E-state index in [1.165, 1.54) is 48.5 Å². The molecule has 1 heterocycles. The summed E-state index contributed by atoms with van der Waals surface area (Å²) in [4.78, 5) is 38.2. The maximum Gasteiger partial charge on any atom is 0.300 e. The molecule has 2 amide bonds. The normalized spacial score (nSPS) is 13.2. The number of hydrogen-bond donors (Lipinski definition) is 2. The molecule has 3 aromatic rings. The summed E-state index contributed by atoms with van der Waals surface area (Å²) in [5.74, 6) is -1.92. The molecule has 4 rings (SSSR count). The van der Waals surface area contributed by atoms with Crippen LogP contribution in [0.4, 0.5) is 27.1 Å². The fourth-order valence-corrected chi connectivity index (χ4v) is 4.10. The molecule has 0 saturated carbocycles. The summed E-state index contributed by atoms with van der Waals surface area (Å²) in [5.41, 5.74) is 0.208. The third-order valence-electron chi connectivity index (χ3n) is 5.41. The minimum Gasteiger partial charge on any atom is -0.378 e. The highest BCUT2D eigenvalue weighted by Gasteiger charge is 2.24. The Labute approximate surface area is 214 Å². The topological polar surface area (TPSA) is 114 Å². The first-order chi connectivity index (χ1) is 17.2. The Bertz CT molecular complexity index is 1350. The van der Waals surface area contributed by atoms with E-state index in [2.05, 4.69) is 10.6 Å². The lowest BCUT2D eigenvalue weighted by Gasteiger charge is -2.29. The van der Waals surface area contributed by atoms with E-state index in [1.54, 1.807) is 6.07 Å². The summed E-state index contributed by atoms with van der Waals surface area (Å²) in [7, 11) is 0. The molecule has 0 radical (unpaired) electrons. The molecule has 0 atom stereocenters. The average molecular weight is 533 g/mol. The lowest BCUT2D eigenvalue weighted by molar-refractivity contribution is -0.385. The number of anilines is 3. The maximum atomic E-state index is 14.2. The Balaban J connectivity index is 1.54. The van der Waals surface area contributed by atoms with Gasteiger partial charge in [0, 0.05) is 30.0 Å². The van der Waals surface area contributed by atoms with Crippen molar-refractivity contribution < 1.29 is 23.6 Å². The predicted molar refractivity (Wildman–Crippen MR) is 135 cm³/mol. The number of nitro groups is 1. The van der Waals surface area contributed by atoms with Gasteiger partial charge in [0.05, 0.1) is 28.8 Å². The number of hydrogen-bond acceptors (Lipinski definition) is 6. The van der Waals surface area contributed by atoms with Crippen LogP contribution in [-0.4, -0.2) is 43.0 Å².